The third kappa shape index (κ3) is 1.75. The van der Waals surface area contributed by atoms with Crippen LogP contribution in [0.1, 0.15) is 36.0 Å². The molecule has 17 heavy (non-hydrogen) atoms. The molecule has 90 valence electrons. The molecule has 0 aliphatic carbocycles. The minimum Gasteiger partial charge on any atom is -0.316 e. The van der Waals surface area contributed by atoms with Crippen LogP contribution in [0, 0.1) is 13.8 Å². The highest BCUT2D eigenvalue weighted by Crippen LogP contribution is 2.27. The minimum absolute atomic E-state index is 0.578. The summed E-state index contributed by atoms with van der Waals surface area (Å²) >= 11 is 0. The van der Waals surface area contributed by atoms with Crippen molar-refractivity contribution in [3.63, 3.8) is 0 Å². The molecule has 3 rings (SSSR count). The summed E-state index contributed by atoms with van der Waals surface area (Å²) in [5.74, 6) is 1.69. The Labute approximate surface area is 102 Å². The summed E-state index contributed by atoms with van der Waals surface area (Å²) in [7, 11) is 0. The molecule has 1 saturated heterocycles. The van der Waals surface area contributed by atoms with E-state index in [4.69, 9.17) is 4.98 Å². The SMILES string of the molecule is Cc1cccc2c(C3CCCNC3)nc(C)n12. The average Bonchev–Trinajstić information content (AvgIpc) is 2.69. The van der Waals surface area contributed by atoms with Crippen molar-refractivity contribution in [2.45, 2.75) is 32.6 Å². The van der Waals surface area contributed by atoms with Crippen LogP contribution in [-0.2, 0) is 0 Å². The van der Waals surface area contributed by atoms with Gasteiger partial charge < -0.3 is 9.72 Å². The van der Waals surface area contributed by atoms with Crippen molar-refractivity contribution in [2.75, 3.05) is 13.1 Å². The van der Waals surface area contributed by atoms with Crippen molar-refractivity contribution in [3.8, 4) is 0 Å². The zero-order valence-corrected chi connectivity index (χ0v) is 10.5. The predicted molar refractivity (Wildman–Crippen MR) is 69.5 cm³/mol. The molecule has 2 aromatic rings. The van der Waals surface area contributed by atoms with Crippen LogP contribution in [0.15, 0.2) is 18.2 Å². The van der Waals surface area contributed by atoms with E-state index in [0.717, 1.165) is 18.9 Å². The second-order valence-electron chi connectivity index (χ2n) is 4.98. The Hall–Kier alpha value is -1.35. The van der Waals surface area contributed by atoms with Gasteiger partial charge in [0.15, 0.2) is 0 Å². The Morgan fingerprint density at radius 3 is 3.00 bits per heavy atom. The zero-order chi connectivity index (χ0) is 11.8. The molecule has 2 aromatic heterocycles. The van der Waals surface area contributed by atoms with Gasteiger partial charge in [-0.05, 0) is 45.4 Å². The maximum absolute atomic E-state index is 4.80. The van der Waals surface area contributed by atoms with Gasteiger partial charge in [-0.15, -0.1) is 0 Å². The van der Waals surface area contributed by atoms with E-state index in [9.17, 15) is 0 Å². The molecule has 1 aliphatic rings. The lowest BCUT2D eigenvalue weighted by Gasteiger charge is -2.21. The standard InChI is InChI=1S/C14H19N3/c1-10-5-3-7-13-14(16-11(2)17(10)13)12-6-4-8-15-9-12/h3,5,7,12,15H,4,6,8-9H2,1-2H3. The molecule has 1 N–H and O–H groups in total. The molecule has 1 atom stereocenters. The first-order chi connectivity index (χ1) is 8.27. The van der Waals surface area contributed by atoms with Crippen molar-refractivity contribution in [1.29, 1.82) is 0 Å². The molecular formula is C14H19N3. The number of aryl methyl sites for hydroxylation is 2. The Morgan fingerprint density at radius 2 is 2.24 bits per heavy atom. The molecule has 1 fully saturated rings. The summed E-state index contributed by atoms with van der Waals surface area (Å²) in [6.45, 7) is 6.46. The summed E-state index contributed by atoms with van der Waals surface area (Å²) in [5.41, 5.74) is 3.83. The number of piperidine rings is 1. The van der Waals surface area contributed by atoms with E-state index in [1.54, 1.807) is 0 Å². The maximum atomic E-state index is 4.80. The van der Waals surface area contributed by atoms with E-state index in [1.165, 1.54) is 29.7 Å². The number of fused-ring (bicyclic) bond motifs is 1. The van der Waals surface area contributed by atoms with Gasteiger partial charge in [-0.25, -0.2) is 4.98 Å². The maximum Gasteiger partial charge on any atom is 0.110 e. The Kier molecular flexibility index (Phi) is 2.63. The van der Waals surface area contributed by atoms with Crippen LogP contribution in [0.3, 0.4) is 0 Å². The first-order valence-electron chi connectivity index (χ1n) is 6.42. The topological polar surface area (TPSA) is 29.3 Å². The number of rotatable bonds is 1. The molecule has 1 unspecified atom stereocenters. The summed E-state index contributed by atoms with van der Waals surface area (Å²) in [6, 6.07) is 6.47. The second kappa shape index (κ2) is 4.15. The number of hydrogen-bond donors (Lipinski definition) is 1. The van der Waals surface area contributed by atoms with Crippen molar-refractivity contribution in [2.24, 2.45) is 0 Å². The van der Waals surface area contributed by atoms with Gasteiger partial charge >= 0.3 is 0 Å². The summed E-state index contributed by atoms with van der Waals surface area (Å²) in [6.07, 6.45) is 2.52. The van der Waals surface area contributed by atoms with Gasteiger partial charge in [-0.3, -0.25) is 0 Å². The summed E-state index contributed by atoms with van der Waals surface area (Å²) in [4.78, 5) is 4.80. The number of nitrogens with one attached hydrogen (secondary N) is 1. The average molecular weight is 229 g/mol. The number of hydrogen-bond acceptors (Lipinski definition) is 2. The zero-order valence-electron chi connectivity index (χ0n) is 10.5. The third-order valence-electron chi connectivity index (χ3n) is 3.74. The molecule has 3 heterocycles. The van der Waals surface area contributed by atoms with Crippen LogP contribution in [-0.4, -0.2) is 22.5 Å². The molecule has 1 aliphatic heterocycles. The quantitative estimate of drug-likeness (QED) is 0.813. The fourth-order valence-electron chi connectivity index (χ4n) is 2.91. The molecule has 0 amide bonds. The van der Waals surface area contributed by atoms with Crippen LogP contribution in [0.25, 0.3) is 5.52 Å². The molecule has 0 radical (unpaired) electrons. The van der Waals surface area contributed by atoms with Crippen LogP contribution < -0.4 is 5.32 Å². The van der Waals surface area contributed by atoms with Gasteiger partial charge in [0.1, 0.15) is 5.82 Å². The Morgan fingerprint density at radius 1 is 1.35 bits per heavy atom. The molecule has 3 heteroatoms. The first kappa shape index (κ1) is 10.8. The first-order valence-corrected chi connectivity index (χ1v) is 6.42. The number of imidazole rings is 1. The lowest BCUT2D eigenvalue weighted by molar-refractivity contribution is 0.457. The van der Waals surface area contributed by atoms with E-state index in [1.807, 2.05) is 0 Å². The highest BCUT2D eigenvalue weighted by atomic mass is 15.0. The van der Waals surface area contributed by atoms with Gasteiger partial charge in [0, 0.05) is 18.2 Å². The van der Waals surface area contributed by atoms with Gasteiger partial charge in [0.05, 0.1) is 11.2 Å². The molecule has 0 saturated carbocycles. The van der Waals surface area contributed by atoms with Gasteiger partial charge in [-0.2, -0.15) is 0 Å². The summed E-state index contributed by atoms with van der Waals surface area (Å²) < 4.78 is 2.27. The van der Waals surface area contributed by atoms with E-state index in [-0.39, 0.29) is 0 Å². The van der Waals surface area contributed by atoms with Gasteiger partial charge in [-0.1, -0.05) is 6.07 Å². The van der Waals surface area contributed by atoms with Crippen molar-refractivity contribution >= 4 is 5.52 Å². The molecule has 0 spiro atoms. The van der Waals surface area contributed by atoms with Crippen LogP contribution in [0.2, 0.25) is 0 Å². The highest BCUT2D eigenvalue weighted by molar-refractivity contribution is 5.56. The van der Waals surface area contributed by atoms with E-state index < -0.39 is 0 Å². The van der Waals surface area contributed by atoms with Crippen LogP contribution >= 0.6 is 0 Å². The fourth-order valence-corrected chi connectivity index (χ4v) is 2.91. The molecule has 0 aromatic carbocycles. The van der Waals surface area contributed by atoms with Gasteiger partial charge in [0.2, 0.25) is 0 Å². The molecule has 0 bridgehead atoms. The minimum atomic E-state index is 0.578. The lowest BCUT2D eigenvalue weighted by atomic mass is 9.95. The number of aromatic nitrogens is 2. The molecular weight excluding hydrogens is 210 g/mol. The lowest BCUT2D eigenvalue weighted by Crippen LogP contribution is -2.28. The van der Waals surface area contributed by atoms with Crippen molar-refractivity contribution in [3.05, 3.63) is 35.4 Å². The second-order valence-corrected chi connectivity index (χ2v) is 4.98. The van der Waals surface area contributed by atoms with Crippen molar-refractivity contribution < 1.29 is 0 Å². The van der Waals surface area contributed by atoms with Crippen LogP contribution in [0.5, 0.6) is 0 Å². The smallest absolute Gasteiger partial charge is 0.110 e. The number of nitrogens with zero attached hydrogens (tertiary/aromatic N) is 2. The van der Waals surface area contributed by atoms with E-state index >= 15 is 0 Å². The van der Waals surface area contributed by atoms with Gasteiger partial charge in [0.25, 0.3) is 0 Å². The highest BCUT2D eigenvalue weighted by Gasteiger charge is 2.21. The van der Waals surface area contributed by atoms with E-state index in [2.05, 4.69) is 41.8 Å². The largest absolute Gasteiger partial charge is 0.316 e. The Bertz CT molecular complexity index is 536. The number of pyridine rings is 1. The Balaban J connectivity index is 2.13. The monoisotopic (exact) mass is 229 g/mol. The van der Waals surface area contributed by atoms with Crippen LogP contribution in [0.4, 0.5) is 0 Å². The van der Waals surface area contributed by atoms with E-state index in [0.29, 0.717) is 5.92 Å². The summed E-state index contributed by atoms with van der Waals surface area (Å²) in [5, 5.41) is 3.47. The van der Waals surface area contributed by atoms with Crippen molar-refractivity contribution in [1.82, 2.24) is 14.7 Å². The fraction of sp³-hybridized carbons (Fsp3) is 0.500. The predicted octanol–water partition coefficient (Wildman–Crippen LogP) is 2.42. The molecule has 3 nitrogen and oxygen atoms in total. The third-order valence-corrected chi connectivity index (χ3v) is 3.74. The normalized spacial score (nSPS) is 20.9.